The first-order chi connectivity index (χ1) is 8.62. The minimum atomic E-state index is -0.467. The van der Waals surface area contributed by atoms with Gasteiger partial charge in [-0.05, 0) is 30.0 Å². The molecule has 1 aromatic carbocycles. The van der Waals surface area contributed by atoms with E-state index in [2.05, 4.69) is 19.9 Å². The Kier molecular flexibility index (Phi) is 3.58. The number of hydrogen-bond donors (Lipinski definition) is 1. The van der Waals surface area contributed by atoms with Crippen LogP contribution < -0.4 is 4.74 Å². The highest BCUT2D eigenvalue weighted by molar-refractivity contribution is 5.43. The zero-order valence-electron chi connectivity index (χ0n) is 10.9. The molecule has 0 aromatic heterocycles. The van der Waals surface area contributed by atoms with Gasteiger partial charge in [0.15, 0.2) is 0 Å². The molecule has 0 spiro atoms. The highest BCUT2D eigenvalue weighted by Gasteiger charge is 2.55. The Balaban J connectivity index is 2.07. The molecule has 18 heavy (non-hydrogen) atoms. The van der Waals surface area contributed by atoms with E-state index in [-0.39, 0.29) is 12.5 Å². The molecule has 0 amide bonds. The Morgan fingerprint density at radius 3 is 2.56 bits per heavy atom. The predicted octanol–water partition coefficient (Wildman–Crippen LogP) is 2.49. The summed E-state index contributed by atoms with van der Waals surface area (Å²) in [5.41, 5.74) is 0.520. The summed E-state index contributed by atoms with van der Waals surface area (Å²) in [4.78, 5) is 0. The minimum absolute atomic E-state index is 0.0825. The lowest BCUT2D eigenvalue weighted by atomic mass is 9.95. The van der Waals surface area contributed by atoms with Crippen LogP contribution in [0.25, 0.3) is 0 Å². The van der Waals surface area contributed by atoms with E-state index < -0.39 is 5.41 Å². The van der Waals surface area contributed by atoms with Gasteiger partial charge in [-0.2, -0.15) is 5.26 Å². The Labute approximate surface area is 108 Å². The van der Waals surface area contributed by atoms with Crippen LogP contribution in [0.2, 0.25) is 0 Å². The quantitative estimate of drug-likeness (QED) is 0.867. The van der Waals surface area contributed by atoms with E-state index in [9.17, 15) is 5.26 Å². The number of nitriles is 1. The van der Waals surface area contributed by atoms with Crippen LogP contribution in [0, 0.1) is 23.2 Å². The van der Waals surface area contributed by atoms with E-state index in [1.54, 1.807) is 0 Å². The summed E-state index contributed by atoms with van der Waals surface area (Å²) in [6, 6.07) is 10.0. The van der Waals surface area contributed by atoms with Crippen molar-refractivity contribution in [3.63, 3.8) is 0 Å². The van der Waals surface area contributed by atoms with Crippen molar-refractivity contribution in [2.45, 2.75) is 25.7 Å². The van der Waals surface area contributed by atoms with Gasteiger partial charge >= 0.3 is 0 Å². The molecule has 2 atom stereocenters. The molecule has 96 valence electrons. The number of nitrogens with zero attached hydrogens (tertiary/aromatic N) is 1. The van der Waals surface area contributed by atoms with Crippen molar-refractivity contribution in [2.24, 2.45) is 11.8 Å². The maximum absolute atomic E-state index is 9.26. The van der Waals surface area contributed by atoms with E-state index >= 15 is 0 Å². The van der Waals surface area contributed by atoms with Crippen LogP contribution in [0.3, 0.4) is 0 Å². The zero-order chi connectivity index (χ0) is 13.2. The van der Waals surface area contributed by atoms with Crippen LogP contribution in [-0.4, -0.2) is 18.3 Å². The lowest BCUT2D eigenvalue weighted by Crippen LogP contribution is -2.09. The van der Waals surface area contributed by atoms with Crippen molar-refractivity contribution in [2.75, 3.05) is 13.2 Å². The van der Waals surface area contributed by atoms with Crippen molar-refractivity contribution in [1.82, 2.24) is 0 Å². The molecule has 1 aromatic rings. The average Bonchev–Trinajstić information content (AvgIpc) is 3.12. The van der Waals surface area contributed by atoms with Gasteiger partial charge in [0.25, 0.3) is 0 Å². The number of ether oxygens (including phenoxy) is 1. The number of benzene rings is 1. The first kappa shape index (κ1) is 12.9. The Morgan fingerprint density at radius 1 is 1.44 bits per heavy atom. The molecular weight excluding hydrogens is 226 g/mol. The molecule has 2 unspecified atom stereocenters. The SMILES string of the molecule is CC(C)COc1ccc(C2(C#N)CC2CO)cc1. The molecule has 1 saturated carbocycles. The maximum Gasteiger partial charge on any atom is 0.119 e. The lowest BCUT2D eigenvalue weighted by molar-refractivity contribution is 0.268. The number of hydrogen-bond acceptors (Lipinski definition) is 3. The third-order valence-corrected chi connectivity index (χ3v) is 3.48. The van der Waals surface area contributed by atoms with E-state index in [4.69, 9.17) is 9.84 Å². The van der Waals surface area contributed by atoms with Crippen LogP contribution in [0.5, 0.6) is 5.75 Å². The van der Waals surface area contributed by atoms with Crippen LogP contribution in [0.4, 0.5) is 0 Å². The van der Waals surface area contributed by atoms with Gasteiger partial charge in [0.1, 0.15) is 5.75 Å². The maximum atomic E-state index is 9.26. The summed E-state index contributed by atoms with van der Waals surface area (Å²) in [5.74, 6) is 1.42. The normalized spacial score (nSPS) is 25.8. The Bertz CT molecular complexity index is 447. The molecular formula is C15H19NO2. The minimum Gasteiger partial charge on any atom is -0.493 e. The lowest BCUT2D eigenvalue weighted by Gasteiger charge is -2.11. The molecule has 0 heterocycles. The number of aliphatic hydroxyl groups is 1. The first-order valence-corrected chi connectivity index (χ1v) is 6.38. The summed E-state index contributed by atoms with van der Waals surface area (Å²) in [5, 5.41) is 18.4. The second-order valence-corrected chi connectivity index (χ2v) is 5.40. The van der Waals surface area contributed by atoms with Gasteiger partial charge in [0.2, 0.25) is 0 Å². The van der Waals surface area contributed by atoms with E-state index in [1.165, 1.54) is 0 Å². The molecule has 0 aliphatic heterocycles. The molecule has 2 rings (SSSR count). The summed E-state index contributed by atoms with van der Waals surface area (Å²) in [6.07, 6.45) is 0.756. The molecule has 1 aliphatic carbocycles. The van der Waals surface area contributed by atoms with E-state index in [0.29, 0.717) is 12.5 Å². The van der Waals surface area contributed by atoms with E-state index in [1.807, 2.05) is 24.3 Å². The first-order valence-electron chi connectivity index (χ1n) is 6.38. The Morgan fingerprint density at radius 2 is 2.11 bits per heavy atom. The van der Waals surface area contributed by atoms with Gasteiger partial charge in [0, 0.05) is 12.5 Å². The average molecular weight is 245 g/mol. The van der Waals surface area contributed by atoms with Crippen LogP contribution in [-0.2, 0) is 5.41 Å². The standard InChI is InChI=1S/C15H19NO2/c1-11(2)9-18-14-5-3-12(4-6-14)15(10-16)7-13(15)8-17/h3-6,11,13,17H,7-9H2,1-2H3. The van der Waals surface area contributed by atoms with Gasteiger partial charge < -0.3 is 9.84 Å². The summed E-state index contributed by atoms with van der Waals surface area (Å²) in [7, 11) is 0. The summed E-state index contributed by atoms with van der Waals surface area (Å²) in [6.45, 7) is 4.99. The third-order valence-electron chi connectivity index (χ3n) is 3.48. The fraction of sp³-hybridized carbons (Fsp3) is 0.533. The van der Waals surface area contributed by atoms with Crippen molar-refractivity contribution >= 4 is 0 Å². The summed E-state index contributed by atoms with van der Waals surface area (Å²) >= 11 is 0. The van der Waals surface area contributed by atoms with E-state index in [0.717, 1.165) is 17.7 Å². The van der Waals surface area contributed by atoms with Gasteiger partial charge in [-0.15, -0.1) is 0 Å². The molecule has 1 aliphatic rings. The van der Waals surface area contributed by atoms with Gasteiger partial charge in [-0.25, -0.2) is 0 Å². The molecule has 3 heteroatoms. The molecule has 3 nitrogen and oxygen atoms in total. The van der Waals surface area contributed by atoms with Gasteiger partial charge in [0.05, 0.1) is 18.1 Å². The molecule has 1 N–H and O–H groups in total. The van der Waals surface area contributed by atoms with Crippen LogP contribution in [0.1, 0.15) is 25.8 Å². The fourth-order valence-corrected chi connectivity index (χ4v) is 2.22. The second-order valence-electron chi connectivity index (χ2n) is 5.40. The van der Waals surface area contributed by atoms with Crippen LogP contribution in [0.15, 0.2) is 24.3 Å². The highest BCUT2D eigenvalue weighted by Crippen LogP contribution is 2.53. The monoisotopic (exact) mass is 245 g/mol. The van der Waals surface area contributed by atoms with Crippen LogP contribution >= 0.6 is 0 Å². The summed E-state index contributed by atoms with van der Waals surface area (Å²) < 4.78 is 5.61. The predicted molar refractivity (Wildman–Crippen MR) is 69.3 cm³/mol. The number of aliphatic hydroxyl groups excluding tert-OH is 1. The molecule has 0 saturated heterocycles. The third kappa shape index (κ3) is 2.34. The number of rotatable bonds is 5. The molecule has 0 bridgehead atoms. The van der Waals surface area contributed by atoms with Gasteiger partial charge in [-0.1, -0.05) is 26.0 Å². The largest absolute Gasteiger partial charge is 0.493 e. The topological polar surface area (TPSA) is 53.2 Å². The zero-order valence-corrected chi connectivity index (χ0v) is 10.9. The fourth-order valence-electron chi connectivity index (χ4n) is 2.22. The molecule has 0 radical (unpaired) electrons. The highest BCUT2D eigenvalue weighted by atomic mass is 16.5. The second kappa shape index (κ2) is 4.99. The van der Waals surface area contributed by atoms with Crippen molar-refractivity contribution in [1.29, 1.82) is 5.26 Å². The van der Waals surface area contributed by atoms with Crippen molar-refractivity contribution in [3.8, 4) is 11.8 Å². The van der Waals surface area contributed by atoms with Crippen molar-refractivity contribution < 1.29 is 9.84 Å². The van der Waals surface area contributed by atoms with Gasteiger partial charge in [-0.3, -0.25) is 0 Å². The van der Waals surface area contributed by atoms with Crippen molar-refractivity contribution in [3.05, 3.63) is 29.8 Å². The Hall–Kier alpha value is -1.53. The molecule has 1 fully saturated rings. The smallest absolute Gasteiger partial charge is 0.119 e.